The van der Waals surface area contributed by atoms with Gasteiger partial charge in [-0.2, -0.15) is 0 Å². The van der Waals surface area contributed by atoms with Crippen LogP contribution in [0.4, 0.5) is 4.39 Å². The first kappa shape index (κ1) is 10.6. The fraction of sp³-hybridized carbons (Fsp3) is 0.154. The van der Waals surface area contributed by atoms with Gasteiger partial charge in [-0.1, -0.05) is 0 Å². The Morgan fingerprint density at radius 1 is 1.19 bits per heavy atom. The van der Waals surface area contributed by atoms with Crippen LogP contribution in [0.5, 0.6) is 0 Å². The number of carbonyl (C=O) groups excluding carboxylic acids is 1. The summed E-state index contributed by atoms with van der Waals surface area (Å²) < 4.78 is 14.7. The molecule has 82 valence electrons. The third-order valence-corrected chi connectivity index (χ3v) is 2.68. The maximum atomic E-state index is 12.8. The number of hydrogen-bond acceptors (Lipinski definition) is 1. The molecule has 0 bridgehead atoms. The van der Waals surface area contributed by atoms with Gasteiger partial charge in [-0.15, -0.1) is 0 Å². The molecular weight excluding hydrogens is 205 g/mol. The van der Waals surface area contributed by atoms with Crippen LogP contribution in [-0.2, 0) is 0 Å². The molecule has 16 heavy (non-hydrogen) atoms. The first-order valence-corrected chi connectivity index (χ1v) is 5.03. The SMILES string of the molecule is Cc1cc(C=O)c(C)n1-c1ccc(F)cc1. The smallest absolute Gasteiger partial charge is 0.151 e. The number of carbonyl (C=O) groups is 1. The lowest BCUT2D eigenvalue weighted by Crippen LogP contribution is -1.99. The third kappa shape index (κ3) is 1.65. The first-order chi connectivity index (χ1) is 7.63. The van der Waals surface area contributed by atoms with E-state index in [2.05, 4.69) is 0 Å². The van der Waals surface area contributed by atoms with Gasteiger partial charge in [0.2, 0.25) is 0 Å². The van der Waals surface area contributed by atoms with Crippen LogP contribution in [0.15, 0.2) is 30.3 Å². The Bertz CT molecular complexity index is 526. The van der Waals surface area contributed by atoms with Crippen molar-refractivity contribution in [3.8, 4) is 5.69 Å². The molecule has 0 aliphatic heterocycles. The van der Waals surface area contributed by atoms with Gasteiger partial charge >= 0.3 is 0 Å². The summed E-state index contributed by atoms with van der Waals surface area (Å²) in [5.74, 6) is -0.262. The molecule has 2 rings (SSSR count). The van der Waals surface area contributed by atoms with Crippen LogP contribution < -0.4 is 0 Å². The van der Waals surface area contributed by atoms with E-state index in [9.17, 15) is 9.18 Å². The standard InChI is InChI=1S/C13H12FNO/c1-9-7-11(8-16)10(2)15(9)13-5-3-12(14)4-6-13/h3-8H,1-2H3. The predicted octanol–water partition coefficient (Wildman–Crippen LogP) is 3.05. The fourth-order valence-corrected chi connectivity index (χ4v) is 1.89. The minimum atomic E-state index is -0.262. The van der Waals surface area contributed by atoms with E-state index in [0.29, 0.717) is 5.56 Å². The quantitative estimate of drug-likeness (QED) is 0.708. The lowest BCUT2D eigenvalue weighted by atomic mass is 10.2. The van der Waals surface area contributed by atoms with E-state index < -0.39 is 0 Å². The highest BCUT2D eigenvalue weighted by molar-refractivity contribution is 5.77. The molecule has 0 spiro atoms. The number of benzene rings is 1. The second-order valence-corrected chi connectivity index (χ2v) is 3.76. The van der Waals surface area contributed by atoms with Crippen LogP contribution in [0.25, 0.3) is 5.69 Å². The Morgan fingerprint density at radius 2 is 1.81 bits per heavy atom. The van der Waals surface area contributed by atoms with Gasteiger partial charge in [0.05, 0.1) is 0 Å². The molecule has 0 saturated carbocycles. The van der Waals surface area contributed by atoms with Crippen LogP contribution in [0.2, 0.25) is 0 Å². The largest absolute Gasteiger partial charge is 0.318 e. The second kappa shape index (κ2) is 3.93. The van der Waals surface area contributed by atoms with Crippen molar-refractivity contribution < 1.29 is 9.18 Å². The Morgan fingerprint density at radius 3 is 2.31 bits per heavy atom. The molecule has 0 unspecified atom stereocenters. The number of rotatable bonds is 2. The fourth-order valence-electron chi connectivity index (χ4n) is 1.89. The van der Waals surface area contributed by atoms with Crippen LogP contribution in [0.1, 0.15) is 21.7 Å². The molecule has 2 nitrogen and oxygen atoms in total. The summed E-state index contributed by atoms with van der Waals surface area (Å²) in [6.45, 7) is 3.80. The van der Waals surface area contributed by atoms with E-state index in [4.69, 9.17) is 0 Å². The lowest BCUT2D eigenvalue weighted by molar-refractivity contribution is 0.112. The highest BCUT2D eigenvalue weighted by Gasteiger charge is 2.09. The Kier molecular flexibility index (Phi) is 2.60. The second-order valence-electron chi connectivity index (χ2n) is 3.76. The number of hydrogen-bond donors (Lipinski definition) is 0. The number of aromatic nitrogens is 1. The monoisotopic (exact) mass is 217 g/mol. The molecule has 0 atom stereocenters. The summed E-state index contributed by atoms with van der Waals surface area (Å²) in [6, 6.07) is 8.04. The van der Waals surface area contributed by atoms with Crippen LogP contribution in [0, 0.1) is 19.7 Å². The van der Waals surface area contributed by atoms with E-state index in [1.165, 1.54) is 12.1 Å². The molecule has 0 N–H and O–H groups in total. The predicted molar refractivity (Wildman–Crippen MR) is 60.6 cm³/mol. The molecule has 1 aromatic carbocycles. The van der Waals surface area contributed by atoms with Gasteiger partial charge in [0.15, 0.2) is 6.29 Å². The van der Waals surface area contributed by atoms with E-state index in [1.807, 2.05) is 24.5 Å². The zero-order valence-corrected chi connectivity index (χ0v) is 9.20. The summed E-state index contributed by atoms with van der Waals surface area (Å²) in [5.41, 5.74) is 3.37. The van der Waals surface area contributed by atoms with Gasteiger partial charge in [0.25, 0.3) is 0 Å². The van der Waals surface area contributed by atoms with Gasteiger partial charge in [-0.3, -0.25) is 4.79 Å². The van der Waals surface area contributed by atoms with Crippen molar-refractivity contribution in [1.29, 1.82) is 0 Å². The zero-order valence-electron chi connectivity index (χ0n) is 9.20. The van der Waals surface area contributed by atoms with Crippen LogP contribution >= 0.6 is 0 Å². The summed E-state index contributed by atoms with van der Waals surface area (Å²) in [4.78, 5) is 10.8. The molecule has 0 amide bonds. The van der Waals surface area contributed by atoms with Crippen LogP contribution in [0.3, 0.4) is 0 Å². The van der Waals surface area contributed by atoms with E-state index in [0.717, 1.165) is 23.4 Å². The molecule has 1 aromatic heterocycles. The number of nitrogens with zero attached hydrogens (tertiary/aromatic N) is 1. The maximum Gasteiger partial charge on any atom is 0.151 e. The van der Waals surface area contributed by atoms with E-state index in [-0.39, 0.29) is 5.82 Å². The lowest BCUT2D eigenvalue weighted by Gasteiger charge is -2.09. The van der Waals surface area contributed by atoms with Gasteiger partial charge in [0.1, 0.15) is 5.82 Å². The van der Waals surface area contributed by atoms with E-state index >= 15 is 0 Å². The number of aryl methyl sites for hydroxylation is 1. The molecule has 0 aliphatic rings. The first-order valence-electron chi connectivity index (χ1n) is 5.03. The van der Waals surface area contributed by atoms with Crippen molar-refractivity contribution in [3.63, 3.8) is 0 Å². The van der Waals surface area contributed by atoms with Crippen LogP contribution in [-0.4, -0.2) is 10.9 Å². The average molecular weight is 217 g/mol. The molecule has 2 aromatic rings. The minimum Gasteiger partial charge on any atom is -0.318 e. The van der Waals surface area contributed by atoms with E-state index in [1.54, 1.807) is 12.1 Å². The topological polar surface area (TPSA) is 22.0 Å². The number of aldehydes is 1. The molecule has 0 radical (unpaired) electrons. The van der Waals surface area contributed by atoms with Crippen molar-refractivity contribution in [3.05, 3.63) is 53.1 Å². The van der Waals surface area contributed by atoms with Crippen molar-refractivity contribution in [1.82, 2.24) is 4.57 Å². The summed E-state index contributed by atoms with van der Waals surface area (Å²) in [6.07, 6.45) is 0.836. The summed E-state index contributed by atoms with van der Waals surface area (Å²) in [7, 11) is 0. The molecule has 0 aliphatic carbocycles. The number of halogens is 1. The Hall–Kier alpha value is -1.90. The highest BCUT2D eigenvalue weighted by atomic mass is 19.1. The molecular formula is C13H12FNO. The van der Waals surface area contributed by atoms with Crippen molar-refractivity contribution in [2.75, 3.05) is 0 Å². The summed E-state index contributed by atoms with van der Waals surface area (Å²) in [5, 5.41) is 0. The van der Waals surface area contributed by atoms with Crippen molar-refractivity contribution in [2.45, 2.75) is 13.8 Å². The van der Waals surface area contributed by atoms with Gasteiger partial charge in [-0.25, -0.2) is 4.39 Å². The van der Waals surface area contributed by atoms with Gasteiger partial charge in [-0.05, 0) is 44.2 Å². The van der Waals surface area contributed by atoms with Gasteiger partial charge < -0.3 is 4.57 Å². The Labute approximate surface area is 93.3 Å². The highest BCUT2D eigenvalue weighted by Crippen LogP contribution is 2.19. The van der Waals surface area contributed by atoms with Crippen molar-refractivity contribution >= 4 is 6.29 Å². The molecule has 0 fully saturated rings. The third-order valence-electron chi connectivity index (χ3n) is 2.68. The minimum absolute atomic E-state index is 0.262. The maximum absolute atomic E-state index is 12.8. The summed E-state index contributed by atoms with van der Waals surface area (Å²) >= 11 is 0. The van der Waals surface area contributed by atoms with Crippen molar-refractivity contribution in [2.24, 2.45) is 0 Å². The molecule has 0 saturated heterocycles. The Balaban J connectivity index is 2.59. The average Bonchev–Trinajstić information content (AvgIpc) is 2.56. The zero-order chi connectivity index (χ0) is 11.7. The molecule has 1 heterocycles. The normalized spacial score (nSPS) is 10.4. The van der Waals surface area contributed by atoms with Gasteiger partial charge in [0, 0.05) is 22.6 Å². The molecule has 3 heteroatoms.